The zero-order chi connectivity index (χ0) is 15.4. The molecule has 0 aliphatic heterocycles. The summed E-state index contributed by atoms with van der Waals surface area (Å²) >= 11 is 8.59. The zero-order valence-electron chi connectivity index (χ0n) is 11.6. The first-order valence-corrected chi connectivity index (χ1v) is 7.33. The molecule has 0 fully saturated rings. The zero-order valence-corrected chi connectivity index (χ0v) is 14.0. The van der Waals surface area contributed by atoms with Gasteiger partial charge in [-0.1, -0.05) is 12.2 Å². The van der Waals surface area contributed by atoms with Gasteiger partial charge in [-0.2, -0.15) is 0 Å². The Morgan fingerprint density at radius 2 is 1.62 bits per heavy atom. The van der Waals surface area contributed by atoms with Crippen molar-refractivity contribution in [2.45, 2.75) is 0 Å². The molecule has 110 valence electrons. The molecule has 0 atom stereocenters. The molecule has 0 unspecified atom stereocenters. The number of thiocarbonyl (C=S) groups is 1. The lowest BCUT2D eigenvalue weighted by molar-refractivity contribution is 0.415. The van der Waals surface area contributed by atoms with Gasteiger partial charge < -0.3 is 20.5 Å². The maximum Gasteiger partial charge on any atom is 0.121 e. The molecule has 0 bridgehead atoms. The molecule has 0 saturated heterocycles. The van der Waals surface area contributed by atoms with E-state index in [0.717, 1.165) is 32.9 Å². The summed E-state index contributed by atoms with van der Waals surface area (Å²) in [4.78, 5) is 0.319. The van der Waals surface area contributed by atoms with Crippen molar-refractivity contribution in [1.82, 2.24) is 0 Å². The van der Waals surface area contributed by atoms with Crippen LogP contribution >= 0.6 is 28.1 Å². The molecule has 0 aliphatic rings. The van der Waals surface area contributed by atoms with Gasteiger partial charge in [-0.3, -0.25) is 0 Å². The molecule has 0 radical (unpaired) electrons. The van der Waals surface area contributed by atoms with Crippen LogP contribution < -0.4 is 20.5 Å². The van der Waals surface area contributed by atoms with Crippen molar-refractivity contribution in [2.24, 2.45) is 5.73 Å². The SMILES string of the molecule is COc1ccc(Br)c(Nc2cc(OC)ccc2C(N)=S)c1. The summed E-state index contributed by atoms with van der Waals surface area (Å²) in [6.45, 7) is 0. The van der Waals surface area contributed by atoms with Crippen molar-refractivity contribution >= 4 is 44.5 Å². The normalized spacial score (nSPS) is 10.0. The van der Waals surface area contributed by atoms with Crippen LogP contribution in [-0.4, -0.2) is 19.2 Å². The highest BCUT2D eigenvalue weighted by Crippen LogP contribution is 2.32. The average Bonchev–Trinajstić information content (AvgIpc) is 2.49. The second kappa shape index (κ2) is 6.78. The van der Waals surface area contributed by atoms with Crippen LogP contribution in [0.3, 0.4) is 0 Å². The number of rotatable bonds is 5. The smallest absolute Gasteiger partial charge is 0.121 e. The molecule has 2 aromatic carbocycles. The maximum atomic E-state index is 5.77. The molecule has 0 spiro atoms. The van der Waals surface area contributed by atoms with Crippen LogP contribution in [0.2, 0.25) is 0 Å². The predicted octanol–water partition coefficient (Wildman–Crippen LogP) is 3.84. The van der Waals surface area contributed by atoms with Crippen molar-refractivity contribution < 1.29 is 9.47 Å². The van der Waals surface area contributed by atoms with Gasteiger partial charge in [-0.05, 0) is 40.2 Å². The average molecular weight is 367 g/mol. The first-order valence-electron chi connectivity index (χ1n) is 6.13. The van der Waals surface area contributed by atoms with E-state index in [1.54, 1.807) is 14.2 Å². The van der Waals surface area contributed by atoms with Crippen molar-refractivity contribution in [3.8, 4) is 11.5 Å². The molecular formula is C15H15BrN2O2S. The summed E-state index contributed by atoms with van der Waals surface area (Å²) in [5.41, 5.74) is 8.14. The standard InChI is InChI=1S/C15H15BrN2O2S/c1-19-9-3-5-11(15(17)21)13(7-9)18-14-8-10(20-2)4-6-12(14)16/h3-8,18H,1-2H3,(H2,17,21). The van der Waals surface area contributed by atoms with Gasteiger partial charge in [0.1, 0.15) is 16.5 Å². The summed E-state index contributed by atoms with van der Waals surface area (Å²) in [6.07, 6.45) is 0. The Morgan fingerprint density at radius 3 is 2.19 bits per heavy atom. The number of nitrogens with one attached hydrogen (secondary N) is 1. The molecule has 0 aromatic heterocycles. The Kier molecular flexibility index (Phi) is 5.03. The number of anilines is 2. The number of benzene rings is 2. The van der Waals surface area contributed by atoms with E-state index >= 15 is 0 Å². The summed E-state index contributed by atoms with van der Waals surface area (Å²) in [6, 6.07) is 11.2. The number of ether oxygens (including phenoxy) is 2. The van der Waals surface area contributed by atoms with Crippen molar-refractivity contribution in [3.63, 3.8) is 0 Å². The Labute approximate surface area is 137 Å². The van der Waals surface area contributed by atoms with Crippen LogP contribution in [-0.2, 0) is 0 Å². The Hall–Kier alpha value is -1.79. The van der Waals surface area contributed by atoms with E-state index in [1.165, 1.54) is 0 Å². The maximum absolute atomic E-state index is 5.77. The first-order chi connectivity index (χ1) is 10.0. The molecule has 4 nitrogen and oxygen atoms in total. The molecule has 21 heavy (non-hydrogen) atoms. The molecule has 0 amide bonds. The van der Waals surface area contributed by atoms with Crippen molar-refractivity contribution in [2.75, 3.05) is 19.5 Å². The molecular weight excluding hydrogens is 352 g/mol. The Morgan fingerprint density at radius 1 is 1.05 bits per heavy atom. The topological polar surface area (TPSA) is 56.5 Å². The number of hydrogen-bond donors (Lipinski definition) is 2. The highest BCUT2D eigenvalue weighted by molar-refractivity contribution is 9.10. The summed E-state index contributed by atoms with van der Waals surface area (Å²) < 4.78 is 11.4. The van der Waals surface area contributed by atoms with Gasteiger partial charge in [0.15, 0.2) is 0 Å². The van der Waals surface area contributed by atoms with E-state index in [0.29, 0.717) is 4.99 Å². The predicted molar refractivity (Wildman–Crippen MR) is 92.9 cm³/mol. The van der Waals surface area contributed by atoms with Gasteiger partial charge in [0, 0.05) is 22.2 Å². The summed E-state index contributed by atoms with van der Waals surface area (Å²) in [7, 11) is 3.24. The van der Waals surface area contributed by atoms with Crippen molar-refractivity contribution in [3.05, 3.63) is 46.4 Å². The lowest BCUT2D eigenvalue weighted by Gasteiger charge is -2.15. The van der Waals surface area contributed by atoms with Gasteiger partial charge in [0.25, 0.3) is 0 Å². The third kappa shape index (κ3) is 3.65. The monoisotopic (exact) mass is 366 g/mol. The van der Waals surface area contributed by atoms with Crippen LogP contribution in [0.5, 0.6) is 11.5 Å². The van der Waals surface area contributed by atoms with Gasteiger partial charge in [-0.25, -0.2) is 0 Å². The fourth-order valence-corrected chi connectivity index (χ4v) is 2.36. The molecule has 0 aliphatic carbocycles. The lowest BCUT2D eigenvalue weighted by Crippen LogP contribution is -2.12. The largest absolute Gasteiger partial charge is 0.497 e. The minimum absolute atomic E-state index is 0.319. The fraction of sp³-hybridized carbons (Fsp3) is 0.133. The van der Waals surface area contributed by atoms with E-state index in [-0.39, 0.29) is 0 Å². The van der Waals surface area contributed by atoms with E-state index in [9.17, 15) is 0 Å². The highest BCUT2D eigenvalue weighted by Gasteiger charge is 2.10. The van der Waals surface area contributed by atoms with Gasteiger partial charge in [-0.15, -0.1) is 0 Å². The first kappa shape index (κ1) is 15.6. The van der Waals surface area contributed by atoms with Crippen LogP contribution in [0.1, 0.15) is 5.56 Å². The van der Waals surface area contributed by atoms with E-state index in [4.69, 9.17) is 27.4 Å². The van der Waals surface area contributed by atoms with Gasteiger partial charge in [0.2, 0.25) is 0 Å². The number of halogens is 1. The van der Waals surface area contributed by atoms with Gasteiger partial charge >= 0.3 is 0 Å². The molecule has 6 heteroatoms. The van der Waals surface area contributed by atoms with Crippen LogP contribution in [0.4, 0.5) is 11.4 Å². The van der Waals surface area contributed by atoms with Crippen LogP contribution in [0, 0.1) is 0 Å². The lowest BCUT2D eigenvalue weighted by atomic mass is 10.1. The third-order valence-electron chi connectivity index (χ3n) is 2.94. The van der Waals surface area contributed by atoms with E-state index in [1.807, 2.05) is 36.4 Å². The minimum atomic E-state index is 0.319. The Bertz CT molecular complexity index is 677. The molecule has 2 aromatic rings. The van der Waals surface area contributed by atoms with Crippen LogP contribution in [0.15, 0.2) is 40.9 Å². The van der Waals surface area contributed by atoms with Crippen LogP contribution in [0.25, 0.3) is 0 Å². The molecule has 0 saturated carbocycles. The Balaban J connectivity index is 2.44. The number of methoxy groups -OCH3 is 2. The van der Waals surface area contributed by atoms with E-state index in [2.05, 4.69) is 21.2 Å². The molecule has 3 N–H and O–H groups in total. The quantitative estimate of drug-likeness (QED) is 0.787. The highest BCUT2D eigenvalue weighted by atomic mass is 79.9. The number of hydrogen-bond acceptors (Lipinski definition) is 4. The second-order valence-electron chi connectivity index (χ2n) is 4.25. The number of nitrogens with two attached hydrogens (primary N) is 1. The second-order valence-corrected chi connectivity index (χ2v) is 5.54. The molecule has 2 rings (SSSR count). The summed E-state index contributed by atoms with van der Waals surface area (Å²) in [5.74, 6) is 1.47. The van der Waals surface area contributed by atoms with Crippen molar-refractivity contribution in [1.29, 1.82) is 0 Å². The fourth-order valence-electron chi connectivity index (χ4n) is 1.84. The van der Waals surface area contributed by atoms with E-state index < -0.39 is 0 Å². The third-order valence-corrected chi connectivity index (χ3v) is 3.85. The van der Waals surface area contributed by atoms with Gasteiger partial charge in [0.05, 0.1) is 25.6 Å². The summed E-state index contributed by atoms with van der Waals surface area (Å²) in [5, 5.41) is 3.30. The minimum Gasteiger partial charge on any atom is -0.497 e. The molecule has 0 heterocycles.